The van der Waals surface area contributed by atoms with Gasteiger partial charge in [0.05, 0.1) is 0 Å². The zero-order valence-corrected chi connectivity index (χ0v) is 13.0. The van der Waals surface area contributed by atoms with Crippen molar-refractivity contribution in [3.05, 3.63) is 28.8 Å². The van der Waals surface area contributed by atoms with Gasteiger partial charge in [-0.2, -0.15) is 0 Å². The fraction of sp³-hybridized carbons (Fsp3) is 0.625. The fourth-order valence-electron chi connectivity index (χ4n) is 2.62. The molecule has 1 aromatic rings. The minimum Gasteiger partial charge on any atom is -0.371 e. The maximum Gasteiger partial charge on any atom is 0.0471 e. The van der Waals surface area contributed by atoms with Gasteiger partial charge >= 0.3 is 0 Å². The zero-order valence-electron chi connectivity index (χ0n) is 12.2. The van der Waals surface area contributed by atoms with E-state index in [1.54, 1.807) is 0 Å². The number of nitrogens with zero attached hydrogens (tertiary/aromatic N) is 1. The highest BCUT2D eigenvalue weighted by Gasteiger charge is 2.22. The van der Waals surface area contributed by atoms with Crippen LogP contribution in [-0.2, 0) is 6.54 Å². The average Bonchev–Trinajstić information content (AvgIpc) is 3.22. The fourth-order valence-corrected chi connectivity index (χ4v) is 2.86. The van der Waals surface area contributed by atoms with Gasteiger partial charge in [-0.1, -0.05) is 31.5 Å². The normalized spacial score (nSPS) is 15.0. The van der Waals surface area contributed by atoms with Crippen LogP contribution in [0.5, 0.6) is 0 Å². The van der Waals surface area contributed by atoms with E-state index in [0.717, 1.165) is 24.4 Å². The summed E-state index contributed by atoms with van der Waals surface area (Å²) in [5.74, 6) is 0. The third-order valence-corrected chi connectivity index (χ3v) is 4.46. The Morgan fingerprint density at radius 1 is 1.32 bits per heavy atom. The van der Waals surface area contributed by atoms with Crippen LogP contribution in [-0.4, -0.2) is 19.1 Å². The molecular formula is C16H25ClN2. The summed E-state index contributed by atoms with van der Waals surface area (Å²) in [4.78, 5) is 2.38. The first-order valence-electron chi connectivity index (χ1n) is 7.41. The Bertz CT molecular complexity index is 411. The Morgan fingerprint density at radius 2 is 2.00 bits per heavy atom. The largest absolute Gasteiger partial charge is 0.371 e. The first kappa shape index (κ1) is 14.7. The number of rotatable bonds is 7. The molecule has 0 aliphatic heterocycles. The van der Waals surface area contributed by atoms with Gasteiger partial charge in [-0.25, -0.2) is 0 Å². The second kappa shape index (κ2) is 6.62. The maximum absolute atomic E-state index is 6.40. The first-order valence-corrected chi connectivity index (χ1v) is 7.78. The lowest BCUT2D eigenvalue weighted by Gasteiger charge is -2.30. The molecule has 0 radical (unpaired) electrons. The summed E-state index contributed by atoms with van der Waals surface area (Å²) in [7, 11) is 2.18. The summed E-state index contributed by atoms with van der Waals surface area (Å²) >= 11 is 6.40. The molecule has 0 heterocycles. The van der Waals surface area contributed by atoms with Crippen LogP contribution >= 0.6 is 11.6 Å². The van der Waals surface area contributed by atoms with Crippen LogP contribution in [0.1, 0.15) is 45.1 Å². The standard InChI is InChI=1S/C16H25ClN2/c1-4-13(5-2)19(3)16-8-6-7-15(17)14(16)11-18-12-9-10-12/h6-8,12-13,18H,4-5,9-11H2,1-3H3. The smallest absolute Gasteiger partial charge is 0.0471 e. The molecule has 1 aliphatic carbocycles. The SMILES string of the molecule is CCC(CC)N(C)c1cccc(Cl)c1CNC1CC1. The highest BCUT2D eigenvalue weighted by molar-refractivity contribution is 6.31. The maximum atomic E-state index is 6.40. The van der Waals surface area contributed by atoms with Crippen LogP contribution < -0.4 is 10.2 Å². The van der Waals surface area contributed by atoms with Crippen molar-refractivity contribution in [1.29, 1.82) is 0 Å². The van der Waals surface area contributed by atoms with Gasteiger partial charge in [-0.15, -0.1) is 0 Å². The molecule has 106 valence electrons. The lowest BCUT2D eigenvalue weighted by atomic mass is 10.1. The van der Waals surface area contributed by atoms with Gasteiger partial charge in [0.25, 0.3) is 0 Å². The van der Waals surface area contributed by atoms with Crippen molar-refractivity contribution >= 4 is 17.3 Å². The van der Waals surface area contributed by atoms with Crippen molar-refractivity contribution < 1.29 is 0 Å². The van der Waals surface area contributed by atoms with Crippen molar-refractivity contribution in [3.63, 3.8) is 0 Å². The first-order chi connectivity index (χ1) is 9.17. The van der Waals surface area contributed by atoms with E-state index in [0.29, 0.717) is 12.1 Å². The molecule has 0 unspecified atom stereocenters. The Morgan fingerprint density at radius 3 is 2.58 bits per heavy atom. The molecule has 2 nitrogen and oxygen atoms in total. The lowest BCUT2D eigenvalue weighted by Crippen LogP contribution is -2.32. The van der Waals surface area contributed by atoms with Crippen LogP contribution in [0, 0.1) is 0 Å². The highest BCUT2D eigenvalue weighted by Crippen LogP contribution is 2.30. The van der Waals surface area contributed by atoms with Crippen LogP contribution in [0.3, 0.4) is 0 Å². The van der Waals surface area contributed by atoms with Crippen molar-refractivity contribution in [2.45, 2.75) is 58.2 Å². The van der Waals surface area contributed by atoms with E-state index < -0.39 is 0 Å². The van der Waals surface area contributed by atoms with Crippen LogP contribution in [0.25, 0.3) is 0 Å². The number of hydrogen-bond acceptors (Lipinski definition) is 2. The van der Waals surface area contributed by atoms with Gasteiger partial charge in [0.15, 0.2) is 0 Å². The van der Waals surface area contributed by atoms with E-state index in [1.807, 2.05) is 6.07 Å². The van der Waals surface area contributed by atoms with Crippen LogP contribution in [0.2, 0.25) is 5.02 Å². The number of anilines is 1. The molecule has 0 atom stereocenters. The second-order valence-corrected chi connectivity index (χ2v) is 5.88. The van der Waals surface area contributed by atoms with Gasteiger partial charge < -0.3 is 10.2 Å². The van der Waals surface area contributed by atoms with Crippen molar-refractivity contribution in [2.24, 2.45) is 0 Å². The molecule has 1 fully saturated rings. The number of halogens is 1. The zero-order chi connectivity index (χ0) is 13.8. The molecule has 0 amide bonds. The third-order valence-electron chi connectivity index (χ3n) is 4.11. The van der Waals surface area contributed by atoms with Gasteiger partial charge in [-0.05, 0) is 37.8 Å². The van der Waals surface area contributed by atoms with Crippen LogP contribution in [0.4, 0.5) is 5.69 Å². The van der Waals surface area contributed by atoms with Crippen molar-refractivity contribution in [2.75, 3.05) is 11.9 Å². The van der Waals surface area contributed by atoms with Crippen LogP contribution in [0.15, 0.2) is 18.2 Å². The number of nitrogens with one attached hydrogen (secondary N) is 1. The van der Waals surface area contributed by atoms with Gasteiger partial charge in [0.1, 0.15) is 0 Å². The molecular weight excluding hydrogens is 256 g/mol. The highest BCUT2D eigenvalue weighted by atomic mass is 35.5. The average molecular weight is 281 g/mol. The van der Waals surface area contributed by atoms with E-state index in [2.05, 4.69) is 43.2 Å². The molecule has 0 aromatic heterocycles. The topological polar surface area (TPSA) is 15.3 Å². The molecule has 1 N–H and O–H groups in total. The monoisotopic (exact) mass is 280 g/mol. The Labute approximate surface area is 122 Å². The third kappa shape index (κ3) is 3.64. The molecule has 1 aliphatic rings. The summed E-state index contributed by atoms with van der Waals surface area (Å²) in [5.41, 5.74) is 2.51. The lowest BCUT2D eigenvalue weighted by molar-refractivity contribution is 0.587. The van der Waals surface area contributed by atoms with E-state index in [-0.39, 0.29) is 0 Å². The summed E-state index contributed by atoms with van der Waals surface area (Å²) in [6, 6.07) is 7.53. The minimum absolute atomic E-state index is 0.582. The molecule has 1 saturated carbocycles. The second-order valence-electron chi connectivity index (χ2n) is 5.47. The van der Waals surface area contributed by atoms with E-state index in [1.165, 1.54) is 24.1 Å². The predicted octanol–water partition coefficient (Wildman–Crippen LogP) is 4.22. The predicted molar refractivity (Wildman–Crippen MR) is 84.1 cm³/mol. The molecule has 19 heavy (non-hydrogen) atoms. The molecule has 0 saturated heterocycles. The van der Waals surface area contributed by atoms with Gasteiger partial charge in [0, 0.05) is 41.9 Å². The quantitative estimate of drug-likeness (QED) is 0.805. The summed E-state index contributed by atoms with van der Waals surface area (Å²) < 4.78 is 0. The summed E-state index contributed by atoms with van der Waals surface area (Å²) in [5, 5.41) is 4.45. The summed E-state index contributed by atoms with van der Waals surface area (Å²) in [6.45, 7) is 5.37. The van der Waals surface area contributed by atoms with E-state index in [9.17, 15) is 0 Å². The molecule has 3 heteroatoms. The molecule has 1 aromatic carbocycles. The Balaban J connectivity index is 2.19. The van der Waals surface area contributed by atoms with E-state index >= 15 is 0 Å². The van der Waals surface area contributed by atoms with Gasteiger partial charge in [0.2, 0.25) is 0 Å². The molecule has 0 bridgehead atoms. The summed E-state index contributed by atoms with van der Waals surface area (Å²) in [6.07, 6.45) is 4.94. The minimum atomic E-state index is 0.582. The van der Waals surface area contributed by atoms with E-state index in [4.69, 9.17) is 11.6 Å². The number of benzene rings is 1. The van der Waals surface area contributed by atoms with Gasteiger partial charge in [-0.3, -0.25) is 0 Å². The molecule has 0 spiro atoms. The number of hydrogen-bond donors (Lipinski definition) is 1. The van der Waals surface area contributed by atoms with Crippen molar-refractivity contribution in [1.82, 2.24) is 5.32 Å². The molecule has 2 rings (SSSR count). The van der Waals surface area contributed by atoms with Crippen molar-refractivity contribution in [3.8, 4) is 0 Å². The Hall–Kier alpha value is -0.730. The Kier molecular flexibility index (Phi) is 5.12.